The first-order chi connectivity index (χ1) is 14.1. The number of carbonyl (C=O) groups is 1. The summed E-state index contributed by atoms with van der Waals surface area (Å²) in [6.07, 6.45) is 9.23. The van der Waals surface area contributed by atoms with E-state index >= 15 is 0 Å². The molecule has 29 heavy (non-hydrogen) atoms. The topological polar surface area (TPSA) is 75.6 Å². The predicted molar refractivity (Wildman–Crippen MR) is 115 cm³/mol. The number of rotatable bonds is 10. The van der Waals surface area contributed by atoms with Crippen molar-refractivity contribution in [2.75, 3.05) is 18.5 Å². The minimum atomic E-state index is -0.909. The number of hydrogen-bond donors (Lipinski definition) is 1. The number of ether oxygens (including phenoxy) is 1. The molecule has 0 aliphatic heterocycles. The molecular weight excluding hydrogens is 366 g/mol. The molecule has 0 atom stereocenters. The van der Waals surface area contributed by atoms with Gasteiger partial charge in [0.25, 0.3) is 0 Å². The van der Waals surface area contributed by atoms with Crippen molar-refractivity contribution < 1.29 is 14.6 Å². The number of aliphatic carboxylic acids is 1. The lowest BCUT2D eigenvalue weighted by Gasteiger charge is -2.18. The maximum atomic E-state index is 11.1. The molecule has 0 fully saturated rings. The smallest absolute Gasteiger partial charge is 0.323 e. The first-order valence-corrected chi connectivity index (χ1v) is 10.0. The zero-order chi connectivity index (χ0) is 20.6. The summed E-state index contributed by atoms with van der Waals surface area (Å²) in [5, 5.41) is 10.0. The van der Waals surface area contributed by atoms with E-state index in [0.29, 0.717) is 17.3 Å². The van der Waals surface area contributed by atoms with Crippen LogP contribution in [0.3, 0.4) is 0 Å². The van der Waals surface area contributed by atoms with Crippen molar-refractivity contribution >= 4 is 22.7 Å². The number of aryl methyl sites for hydroxylation is 1. The molecule has 0 amide bonds. The Morgan fingerprint density at radius 3 is 2.62 bits per heavy atom. The van der Waals surface area contributed by atoms with E-state index in [1.807, 2.05) is 6.07 Å². The number of fused-ring (bicyclic) bond motifs is 1. The van der Waals surface area contributed by atoms with E-state index in [0.717, 1.165) is 23.7 Å². The van der Waals surface area contributed by atoms with E-state index in [9.17, 15) is 4.79 Å². The molecule has 0 bridgehead atoms. The van der Waals surface area contributed by atoms with Gasteiger partial charge in [-0.05, 0) is 42.7 Å². The molecule has 0 aliphatic rings. The van der Waals surface area contributed by atoms with Gasteiger partial charge in [0.1, 0.15) is 23.9 Å². The lowest BCUT2D eigenvalue weighted by atomic mass is 10.0. The van der Waals surface area contributed by atoms with Crippen LogP contribution in [0.15, 0.2) is 48.8 Å². The van der Waals surface area contributed by atoms with Crippen molar-refractivity contribution in [3.8, 4) is 11.5 Å². The molecule has 1 N–H and O–H groups in total. The number of unbranched alkanes of at least 4 members (excludes halogenated alkanes) is 3. The normalized spacial score (nSPS) is 10.8. The molecule has 0 saturated carbocycles. The highest BCUT2D eigenvalue weighted by molar-refractivity contribution is 5.88. The molecule has 6 heteroatoms. The second kappa shape index (κ2) is 9.87. The van der Waals surface area contributed by atoms with Gasteiger partial charge >= 0.3 is 5.97 Å². The first kappa shape index (κ1) is 20.6. The molecule has 6 nitrogen and oxygen atoms in total. The van der Waals surface area contributed by atoms with Crippen LogP contribution in [-0.4, -0.2) is 34.6 Å². The van der Waals surface area contributed by atoms with Crippen LogP contribution in [0.25, 0.3) is 10.9 Å². The van der Waals surface area contributed by atoms with E-state index < -0.39 is 5.97 Å². The Morgan fingerprint density at radius 1 is 1.10 bits per heavy atom. The van der Waals surface area contributed by atoms with Gasteiger partial charge in [0.2, 0.25) is 0 Å². The van der Waals surface area contributed by atoms with Gasteiger partial charge in [-0.25, -0.2) is 4.98 Å². The molecule has 3 rings (SSSR count). The fourth-order valence-corrected chi connectivity index (χ4v) is 3.24. The van der Waals surface area contributed by atoms with E-state index in [4.69, 9.17) is 9.84 Å². The third kappa shape index (κ3) is 5.67. The van der Waals surface area contributed by atoms with E-state index in [1.54, 1.807) is 42.5 Å². The van der Waals surface area contributed by atoms with Crippen LogP contribution in [0.2, 0.25) is 0 Å². The SMILES string of the molecule is CCCCCCc1ccc2nc(N(C)CC(=O)O)cc(Oc3ccncc3)c2c1. The average Bonchev–Trinajstić information content (AvgIpc) is 2.71. The number of carboxylic acids is 1. The fourth-order valence-electron chi connectivity index (χ4n) is 3.24. The molecule has 0 radical (unpaired) electrons. The van der Waals surface area contributed by atoms with Gasteiger partial charge in [0, 0.05) is 30.9 Å². The highest BCUT2D eigenvalue weighted by Crippen LogP contribution is 2.33. The third-order valence-electron chi connectivity index (χ3n) is 4.78. The van der Waals surface area contributed by atoms with E-state index in [1.165, 1.54) is 24.8 Å². The quantitative estimate of drug-likeness (QED) is 0.485. The molecule has 0 aliphatic carbocycles. The van der Waals surface area contributed by atoms with Crippen molar-refractivity contribution in [3.63, 3.8) is 0 Å². The second-order valence-corrected chi connectivity index (χ2v) is 7.18. The van der Waals surface area contributed by atoms with Crippen LogP contribution in [0, 0.1) is 0 Å². The molecular formula is C23H27N3O3. The number of carboxylic acid groups (broad SMARTS) is 1. The van der Waals surface area contributed by atoms with Crippen LogP contribution >= 0.6 is 0 Å². The van der Waals surface area contributed by atoms with Gasteiger partial charge in [-0.2, -0.15) is 0 Å². The van der Waals surface area contributed by atoms with Gasteiger partial charge in [-0.15, -0.1) is 0 Å². The Bertz CT molecular complexity index is 960. The molecule has 0 saturated heterocycles. The van der Waals surface area contributed by atoms with Crippen molar-refractivity contribution in [2.24, 2.45) is 0 Å². The monoisotopic (exact) mass is 393 g/mol. The number of anilines is 1. The number of pyridine rings is 2. The van der Waals surface area contributed by atoms with Crippen LogP contribution < -0.4 is 9.64 Å². The largest absolute Gasteiger partial charge is 0.480 e. The lowest BCUT2D eigenvalue weighted by molar-refractivity contribution is -0.135. The van der Waals surface area contributed by atoms with Crippen molar-refractivity contribution in [1.82, 2.24) is 9.97 Å². The van der Waals surface area contributed by atoms with Crippen LogP contribution in [-0.2, 0) is 11.2 Å². The average molecular weight is 393 g/mol. The molecule has 2 heterocycles. The minimum Gasteiger partial charge on any atom is -0.480 e. The van der Waals surface area contributed by atoms with Crippen LogP contribution in [0.4, 0.5) is 5.82 Å². The van der Waals surface area contributed by atoms with Gasteiger partial charge in [-0.3, -0.25) is 9.78 Å². The third-order valence-corrected chi connectivity index (χ3v) is 4.78. The van der Waals surface area contributed by atoms with Crippen molar-refractivity contribution in [1.29, 1.82) is 0 Å². The Labute approximate surface area is 171 Å². The predicted octanol–water partition coefficient (Wildman–Crippen LogP) is 5.07. The summed E-state index contributed by atoms with van der Waals surface area (Å²) in [7, 11) is 1.71. The van der Waals surface area contributed by atoms with Gasteiger partial charge in [0.05, 0.1) is 5.52 Å². The number of nitrogens with zero attached hydrogens (tertiary/aromatic N) is 3. The molecule has 0 spiro atoms. The minimum absolute atomic E-state index is 0.136. The first-order valence-electron chi connectivity index (χ1n) is 10.0. The maximum Gasteiger partial charge on any atom is 0.323 e. The zero-order valence-electron chi connectivity index (χ0n) is 17.0. The summed E-state index contributed by atoms with van der Waals surface area (Å²) < 4.78 is 6.13. The Kier molecular flexibility index (Phi) is 7.00. The summed E-state index contributed by atoms with van der Waals surface area (Å²) in [5.41, 5.74) is 2.03. The Morgan fingerprint density at radius 2 is 1.90 bits per heavy atom. The lowest BCUT2D eigenvalue weighted by Crippen LogP contribution is -2.25. The van der Waals surface area contributed by atoms with Crippen LogP contribution in [0.5, 0.6) is 11.5 Å². The van der Waals surface area contributed by atoms with E-state index in [2.05, 4.69) is 29.0 Å². The fraction of sp³-hybridized carbons (Fsp3) is 0.348. The molecule has 1 aromatic carbocycles. The molecule has 0 unspecified atom stereocenters. The Hall–Kier alpha value is -3.15. The summed E-state index contributed by atoms with van der Waals surface area (Å²) >= 11 is 0. The number of hydrogen-bond acceptors (Lipinski definition) is 5. The van der Waals surface area contributed by atoms with E-state index in [-0.39, 0.29) is 6.54 Å². The molecule has 3 aromatic rings. The standard InChI is InChI=1S/C23H27N3O3/c1-3-4-5-6-7-17-8-9-20-19(14-17)21(29-18-10-12-24-13-11-18)15-22(25-20)26(2)16-23(27)28/h8-15H,3-7,16H2,1-2H3,(H,27,28). The van der Waals surface area contributed by atoms with Gasteiger partial charge in [0.15, 0.2) is 0 Å². The molecule has 2 aromatic heterocycles. The highest BCUT2D eigenvalue weighted by atomic mass is 16.5. The maximum absolute atomic E-state index is 11.1. The number of benzene rings is 1. The van der Waals surface area contributed by atoms with Crippen LogP contribution in [0.1, 0.15) is 38.2 Å². The summed E-state index contributed by atoms with van der Waals surface area (Å²) in [6, 6.07) is 11.6. The highest BCUT2D eigenvalue weighted by Gasteiger charge is 2.14. The summed E-state index contributed by atoms with van der Waals surface area (Å²) in [6.45, 7) is 2.08. The second-order valence-electron chi connectivity index (χ2n) is 7.18. The van der Waals surface area contributed by atoms with Crippen molar-refractivity contribution in [3.05, 3.63) is 54.4 Å². The summed E-state index contributed by atoms with van der Waals surface area (Å²) in [4.78, 5) is 21.4. The zero-order valence-corrected chi connectivity index (χ0v) is 17.0. The van der Waals surface area contributed by atoms with Gasteiger partial charge < -0.3 is 14.7 Å². The number of aromatic nitrogens is 2. The molecule has 152 valence electrons. The van der Waals surface area contributed by atoms with Crippen molar-refractivity contribution in [2.45, 2.75) is 39.0 Å². The summed E-state index contributed by atoms with van der Waals surface area (Å²) in [5.74, 6) is 0.976. The Balaban J connectivity index is 1.96. The van der Waals surface area contributed by atoms with Gasteiger partial charge in [-0.1, -0.05) is 32.3 Å². The number of likely N-dealkylation sites (N-methyl/N-ethyl adjacent to an activating group) is 1.